The van der Waals surface area contributed by atoms with Gasteiger partial charge in [-0.1, -0.05) is 78.4 Å². The third-order valence-electron chi connectivity index (χ3n) is 4.98. The maximum absolute atomic E-state index is 12.7. The van der Waals surface area contributed by atoms with Crippen LogP contribution in [0.25, 0.3) is 10.8 Å². The molecule has 0 atom stereocenters. The topological polar surface area (TPSA) is 67.8 Å². The third-order valence-corrected chi connectivity index (χ3v) is 4.98. The van der Waals surface area contributed by atoms with Gasteiger partial charge in [0.2, 0.25) is 5.91 Å². The smallest absolute Gasteiger partial charge is 0.343 e. The highest BCUT2D eigenvalue weighted by molar-refractivity contribution is 6.04. The molecule has 0 aromatic heterocycles. The zero-order valence-electron chi connectivity index (χ0n) is 17.6. The van der Waals surface area contributed by atoms with Crippen LogP contribution in [0.5, 0.6) is 5.75 Å². The number of fused-ring (bicyclic) bond motifs is 1. The van der Waals surface area contributed by atoms with Crippen molar-refractivity contribution in [1.82, 2.24) is 5.43 Å². The maximum atomic E-state index is 12.7. The number of aryl methyl sites for hydroxylation is 1. The molecular formula is C27H22N2O3. The van der Waals surface area contributed by atoms with Crippen LogP contribution in [0.3, 0.4) is 0 Å². The maximum Gasteiger partial charge on any atom is 0.343 e. The minimum atomic E-state index is -0.452. The zero-order chi connectivity index (χ0) is 22.3. The number of benzene rings is 4. The first kappa shape index (κ1) is 21.0. The number of carbonyl (C=O) groups excluding carboxylic acids is 2. The summed E-state index contributed by atoms with van der Waals surface area (Å²) in [5, 5.41) is 5.96. The molecule has 158 valence electrons. The second-order valence-corrected chi connectivity index (χ2v) is 7.41. The summed E-state index contributed by atoms with van der Waals surface area (Å²) in [6.45, 7) is 1.92. The number of nitrogens with one attached hydrogen (secondary N) is 1. The molecule has 4 rings (SSSR count). The van der Waals surface area contributed by atoms with Gasteiger partial charge in [0, 0.05) is 5.56 Å². The van der Waals surface area contributed by atoms with E-state index in [-0.39, 0.29) is 12.3 Å². The summed E-state index contributed by atoms with van der Waals surface area (Å²) < 4.78 is 5.70. The van der Waals surface area contributed by atoms with Crippen molar-refractivity contribution < 1.29 is 14.3 Å². The molecule has 5 heteroatoms. The molecule has 32 heavy (non-hydrogen) atoms. The van der Waals surface area contributed by atoms with E-state index in [0.29, 0.717) is 16.9 Å². The minimum Gasteiger partial charge on any atom is -0.422 e. The molecule has 4 aromatic carbocycles. The molecule has 0 aliphatic carbocycles. The Kier molecular flexibility index (Phi) is 6.37. The molecular weight excluding hydrogens is 400 g/mol. The molecule has 1 amide bonds. The van der Waals surface area contributed by atoms with Crippen molar-refractivity contribution in [3.05, 3.63) is 113 Å². The summed E-state index contributed by atoms with van der Waals surface area (Å²) in [4.78, 5) is 24.9. The Morgan fingerprint density at radius 3 is 2.50 bits per heavy atom. The van der Waals surface area contributed by atoms with E-state index >= 15 is 0 Å². The highest BCUT2D eigenvalue weighted by Gasteiger charge is 2.14. The number of esters is 1. The quantitative estimate of drug-likeness (QED) is 0.204. The number of amides is 1. The van der Waals surface area contributed by atoms with Crippen LogP contribution in [0.2, 0.25) is 0 Å². The van der Waals surface area contributed by atoms with Gasteiger partial charge in [0.25, 0.3) is 0 Å². The SMILES string of the molecule is Cc1cccc(C(=O)Oc2ccc3ccccc3c2/C=N/NC(=O)Cc2ccccc2)c1. The van der Waals surface area contributed by atoms with Crippen molar-refractivity contribution in [1.29, 1.82) is 0 Å². The monoisotopic (exact) mass is 422 g/mol. The Balaban J connectivity index is 1.58. The number of hydrazone groups is 1. The van der Waals surface area contributed by atoms with Crippen LogP contribution in [0.15, 0.2) is 96.1 Å². The van der Waals surface area contributed by atoms with Gasteiger partial charge in [0.15, 0.2) is 0 Å². The number of ether oxygens (including phenoxy) is 1. The summed E-state index contributed by atoms with van der Waals surface area (Å²) in [7, 11) is 0. The molecule has 0 unspecified atom stereocenters. The molecule has 1 N–H and O–H groups in total. The zero-order valence-corrected chi connectivity index (χ0v) is 17.6. The molecule has 0 heterocycles. The second kappa shape index (κ2) is 9.71. The summed E-state index contributed by atoms with van der Waals surface area (Å²) in [6, 6.07) is 28.0. The predicted octanol–water partition coefficient (Wildman–Crippen LogP) is 5.06. The molecule has 0 spiro atoms. The Labute approximate surface area is 186 Å². The lowest BCUT2D eigenvalue weighted by Crippen LogP contribution is -2.19. The van der Waals surface area contributed by atoms with Gasteiger partial charge in [-0.05, 0) is 41.5 Å². The van der Waals surface area contributed by atoms with Gasteiger partial charge in [-0.15, -0.1) is 0 Å². The van der Waals surface area contributed by atoms with Gasteiger partial charge in [-0.3, -0.25) is 4.79 Å². The lowest BCUT2D eigenvalue weighted by molar-refractivity contribution is -0.120. The van der Waals surface area contributed by atoms with Gasteiger partial charge in [0.1, 0.15) is 5.75 Å². The average molecular weight is 422 g/mol. The number of rotatable bonds is 6. The fourth-order valence-electron chi connectivity index (χ4n) is 3.42. The van der Waals surface area contributed by atoms with Gasteiger partial charge < -0.3 is 4.74 Å². The largest absolute Gasteiger partial charge is 0.422 e. The fraction of sp³-hybridized carbons (Fsp3) is 0.0741. The number of carbonyl (C=O) groups is 2. The first-order chi connectivity index (χ1) is 15.6. The van der Waals surface area contributed by atoms with Crippen molar-refractivity contribution >= 4 is 28.9 Å². The van der Waals surface area contributed by atoms with Crippen LogP contribution in [-0.4, -0.2) is 18.1 Å². The summed E-state index contributed by atoms with van der Waals surface area (Å²) >= 11 is 0. The third kappa shape index (κ3) is 5.08. The first-order valence-electron chi connectivity index (χ1n) is 10.3. The van der Waals surface area contributed by atoms with E-state index in [4.69, 9.17) is 4.74 Å². The Hall–Kier alpha value is -4.25. The normalized spacial score (nSPS) is 10.9. The lowest BCUT2D eigenvalue weighted by Gasteiger charge is -2.11. The van der Waals surface area contributed by atoms with Crippen molar-refractivity contribution in [3.63, 3.8) is 0 Å². The highest BCUT2D eigenvalue weighted by atomic mass is 16.5. The fourth-order valence-corrected chi connectivity index (χ4v) is 3.42. The summed E-state index contributed by atoms with van der Waals surface area (Å²) in [6.07, 6.45) is 1.74. The molecule has 0 radical (unpaired) electrons. The Morgan fingerprint density at radius 2 is 1.69 bits per heavy atom. The van der Waals surface area contributed by atoms with Crippen LogP contribution >= 0.6 is 0 Å². The number of hydrogen-bond donors (Lipinski definition) is 1. The molecule has 5 nitrogen and oxygen atoms in total. The number of hydrogen-bond acceptors (Lipinski definition) is 4. The molecule has 4 aromatic rings. The Bertz CT molecular complexity index is 1300. The summed E-state index contributed by atoms with van der Waals surface area (Å²) in [5.74, 6) is -0.311. The summed E-state index contributed by atoms with van der Waals surface area (Å²) in [5.41, 5.74) is 5.51. The molecule has 0 fully saturated rings. The standard InChI is InChI=1S/C27H22N2O3/c1-19-8-7-12-22(16-19)27(31)32-25-15-14-21-11-5-6-13-23(21)24(25)18-28-29-26(30)17-20-9-3-2-4-10-20/h2-16,18H,17H2,1H3,(H,29,30)/b28-18+. The van der Waals surface area contributed by atoms with Gasteiger partial charge in [0.05, 0.1) is 18.2 Å². The second-order valence-electron chi connectivity index (χ2n) is 7.41. The Morgan fingerprint density at radius 1 is 0.906 bits per heavy atom. The van der Waals surface area contributed by atoms with Crippen LogP contribution in [0.1, 0.15) is 27.0 Å². The van der Waals surface area contributed by atoms with Gasteiger partial charge in [-0.2, -0.15) is 5.10 Å². The van der Waals surface area contributed by atoms with Crippen molar-refractivity contribution in [3.8, 4) is 5.75 Å². The van der Waals surface area contributed by atoms with E-state index in [2.05, 4.69) is 10.5 Å². The van der Waals surface area contributed by atoms with Crippen LogP contribution in [-0.2, 0) is 11.2 Å². The van der Waals surface area contributed by atoms with E-state index in [1.165, 1.54) is 6.21 Å². The van der Waals surface area contributed by atoms with Crippen LogP contribution in [0.4, 0.5) is 0 Å². The van der Waals surface area contributed by atoms with Crippen molar-refractivity contribution in [2.45, 2.75) is 13.3 Å². The van der Waals surface area contributed by atoms with E-state index < -0.39 is 5.97 Å². The molecule has 0 bridgehead atoms. The first-order valence-corrected chi connectivity index (χ1v) is 10.3. The highest BCUT2D eigenvalue weighted by Crippen LogP contribution is 2.27. The van der Waals surface area contributed by atoms with Crippen molar-refractivity contribution in [2.75, 3.05) is 0 Å². The lowest BCUT2D eigenvalue weighted by atomic mass is 10.0. The predicted molar refractivity (Wildman–Crippen MR) is 126 cm³/mol. The molecule has 0 aliphatic heterocycles. The molecule has 0 aliphatic rings. The number of nitrogens with zero attached hydrogens (tertiary/aromatic N) is 1. The van der Waals surface area contributed by atoms with E-state index in [9.17, 15) is 9.59 Å². The molecule has 0 saturated heterocycles. The van der Waals surface area contributed by atoms with Gasteiger partial charge >= 0.3 is 5.97 Å². The van der Waals surface area contributed by atoms with E-state index in [1.807, 2.05) is 79.7 Å². The average Bonchev–Trinajstić information content (AvgIpc) is 2.81. The molecule has 0 saturated carbocycles. The minimum absolute atomic E-state index is 0.225. The van der Waals surface area contributed by atoms with Crippen molar-refractivity contribution in [2.24, 2.45) is 5.10 Å². The van der Waals surface area contributed by atoms with Crippen LogP contribution in [0, 0.1) is 6.92 Å². The van der Waals surface area contributed by atoms with Gasteiger partial charge in [-0.25, -0.2) is 10.2 Å². The van der Waals surface area contributed by atoms with E-state index in [0.717, 1.165) is 21.9 Å². The van der Waals surface area contributed by atoms with E-state index in [1.54, 1.807) is 18.2 Å². The van der Waals surface area contributed by atoms with Crippen LogP contribution < -0.4 is 10.2 Å².